The van der Waals surface area contributed by atoms with Crippen molar-refractivity contribution >= 4 is 17.0 Å². The molecule has 1 rings (SSSR count). The van der Waals surface area contributed by atoms with Crippen molar-refractivity contribution in [3.05, 3.63) is 35.9 Å². The minimum Gasteiger partial charge on any atom is -0.312 e. The summed E-state index contributed by atoms with van der Waals surface area (Å²) in [5.74, 6) is 0. The van der Waals surface area contributed by atoms with Gasteiger partial charge in [0, 0.05) is 0 Å². The first-order valence-electron chi connectivity index (χ1n) is 7.37. The molecule has 1 unspecified atom stereocenters. The molecule has 0 amide bonds. The van der Waals surface area contributed by atoms with Crippen molar-refractivity contribution in [1.29, 1.82) is 0 Å². The lowest BCUT2D eigenvalue weighted by atomic mass is 10.2. The Kier molecular flexibility index (Phi) is 6.10. The summed E-state index contributed by atoms with van der Waals surface area (Å²) in [6.45, 7) is 9.43. The van der Waals surface area contributed by atoms with Gasteiger partial charge in [-0.15, -0.1) is 0 Å². The summed E-state index contributed by atoms with van der Waals surface area (Å²) in [6, 6.07) is 9.60. The van der Waals surface area contributed by atoms with Gasteiger partial charge in [0.05, 0.1) is 5.67 Å². The lowest BCUT2D eigenvalue weighted by Crippen LogP contribution is -2.54. The van der Waals surface area contributed by atoms with Crippen LogP contribution < -0.4 is 0 Å². The highest BCUT2D eigenvalue weighted by atomic mass is 28.4. The number of unbranched alkanes of at least 4 members (excludes halogenated alkanes) is 1. The normalized spacial score (nSPS) is 14.6. The van der Waals surface area contributed by atoms with Crippen LogP contribution in [0.1, 0.15) is 31.0 Å². The molecular formula is C15H27F2NSi2. The van der Waals surface area contributed by atoms with Crippen molar-refractivity contribution in [3.8, 4) is 0 Å². The molecule has 0 heterocycles. The van der Waals surface area contributed by atoms with Crippen LogP contribution >= 0.6 is 0 Å². The molecule has 0 saturated heterocycles. The highest BCUT2D eigenvalue weighted by molar-refractivity contribution is 6.75. The standard InChI is InChI=1S/C15H27F2NSi2/c1-6-7-13-18(20(4,5)17)15(19(2,3)16)14-11-9-8-10-12-14/h8-12,15H,6-7,13H2,1-5H3. The van der Waals surface area contributed by atoms with Gasteiger partial charge in [-0.1, -0.05) is 43.7 Å². The molecule has 0 bridgehead atoms. The molecule has 0 aliphatic heterocycles. The summed E-state index contributed by atoms with van der Waals surface area (Å²) in [6.07, 6.45) is 1.91. The molecule has 0 spiro atoms. The lowest BCUT2D eigenvalue weighted by molar-refractivity contribution is 0.337. The molecule has 5 heteroatoms. The van der Waals surface area contributed by atoms with Gasteiger partial charge in [-0.2, -0.15) is 0 Å². The van der Waals surface area contributed by atoms with Gasteiger partial charge in [-0.05, 0) is 44.7 Å². The largest absolute Gasteiger partial charge is 0.316 e. The molecule has 0 radical (unpaired) electrons. The van der Waals surface area contributed by atoms with Gasteiger partial charge < -0.3 is 4.11 Å². The van der Waals surface area contributed by atoms with Gasteiger partial charge in [0.15, 0.2) is 0 Å². The quantitative estimate of drug-likeness (QED) is 0.493. The van der Waals surface area contributed by atoms with Gasteiger partial charge >= 0.3 is 8.57 Å². The van der Waals surface area contributed by atoms with Crippen LogP contribution in [0.25, 0.3) is 0 Å². The van der Waals surface area contributed by atoms with E-state index in [1.54, 1.807) is 26.2 Å². The first-order chi connectivity index (χ1) is 9.18. The topological polar surface area (TPSA) is 3.24 Å². The number of hydrogen-bond acceptors (Lipinski definition) is 1. The maximum absolute atomic E-state index is 14.9. The second-order valence-corrected chi connectivity index (χ2v) is 13.4. The van der Waals surface area contributed by atoms with Gasteiger partial charge in [0.1, 0.15) is 0 Å². The van der Waals surface area contributed by atoms with Gasteiger partial charge in [-0.3, -0.25) is 8.67 Å². The second-order valence-electron chi connectivity index (χ2n) is 6.33. The summed E-state index contributed by atoms with van der Waals surface area (Å²) < 4.78 is 31.5. The van der Waals surface area contributed by atoms with Gasteiger partial charge in [0.25, 0.3) is 8.41 Å². The van der Waals surface area contributed by atoms with Crippen LogP contribution in [-0.4, -0.2) is 28.1 Å². The van der Waals surface area contributed by atoms with Crippen molar-refractivity contribution in [1.82, 2.24) is 4.57 Å². The number of rotatable bonds is 7. The monoisotopic (exact) mass is 315 g/mol. The van der Waals surface area contributed by atoms with E-state index in [0.717, 1.165) is 18.4 Å². The van der Waals surface area contributed by atoms with Crippen LogP contribution in [0.4, 0.5) is 8.22 Å². The Hall–Kier alpha value is -0.526. The van der Waals surface area contributed by atoms with Crippen molar-refractivity contribution < 1.29 is 8.22 Å². The highest BCUT2D eigenvalue weighted by Gasteiger charge is 2.45. The van der Waals surface area contributed by atoms with E-state index >= 15 is 0 Å². The lowest BCUT2D eigenvalue weighted by Gasteiger charge is -2.41. The summed E-state index contributed by atoms with van der Waals surface area (Å²) in [7, 11) is -6.08. The first-order valence-corrected chi connectivity index (χ1v) is 13.2. The molecule has 1 atom stereocenters. The third-order valence-corrected chi connectivity index (χ3v) is 7.56. The predicted octanol–water partition coefficient (Wildman–Crippen LogP) is 5.21. The van der Waals surface area contributed by atoms with Gasteiger partial charge in [-0.25, -0.2) is 0 Å². The molecule has 20 heavy (non-hydrogen) atoms. The summed E-state index contributed by atoms with van der Waals surface area (Å²) in [4.78, 5) is 0. The Morgan fingerprint density at radius 1 is 1.05 bits per heavy atom. The molecule has 1 aromatic carbocycles. The van der Waals surface area contributed by atoms with Crippen molar-refractivity contribution in [2.75, 3.05) is 6.54 Å². The number of nitrogens with zero attached hydrogens (tertiary/aromatic N) is 1. The summed E-state index contributed by atoms with van der Waals surface area (Å²) in [5, 5.41) is 0. The Morgan fingerprint density at radius 2 is 1.60 bits per heavy atom. The summed E-state index contributed by atoms with van der Waals surface area (Å²) in [5.41, 5.74) is 0.530. The van der Waals surface area contributed by atoms with E-state index in [0.29, 0.717) is 6.54 Å². The predicted molar refractivity (Wildman–Crippen MR) is 88.0 cm³/mol. The van der Waals surface area contributed by atoms with Crippen LogP contribution in [0.15, 0.2) is 30.3 Å². The maximum Gasteiger partial charge on any atom is 0.316 e. The number of hydrogen-bond donors (Lipinski definition) is 0. The van der Waals surface area contributed by atoms with Gasteiger partial charge in [0.2, 0.25) is 0 Å². The average molecular weight is 316 g/mol. The van der Waals surface area contributed by atoms with Crippen LogP contribution in [0.5, 0.6) is 0 Å². The van der Waals surface area contributed by atoms with Crippen molar-refractivity contribution in [2.45, 2.75) is 51.6 Å². The Morgan fingerprint density at radius 3 is 2.00 bits per heavy atom. The fourth-order valence-electron chi connectivity index (χ4n) is 2.61. The second kappa shape index (κ2) is 6.96. The fourth-order valence-corrected chi connectivity index (χ4v) is 7.76. The Balaban J connectivity index is 3.19. The van der Waals surface area contributed by atoms with E-state index in [2.05, 4.69) is 6.92 Å². The van der Waals surface area contributed by atoms with Crippen LogP contribution in [0, 0.1) is 0 Å². The zero-order valence-corrected chi connectivity index (χ0v) is 15.3. The van der Waals surface area contributed by atoms with E-state index in [4.69, 9.17) is 0 Å². The van der Waals surface area contributed by atoms with E-state index in [1.807, 2.05) is 34.9 Å². The Bertz CT molecular complexity index is 399. The zero-order valence-electron chi connectivity index (χ0n) is 13.3. The van der Waals surface area contributed by atoms with E-state index in [-0.39, 0.29) is 5.67 Å². The molecule has 0 saturated carbocycles. The fraction of sp³-hybridized carbons (Fsp3) is 0.600. The summed E-state index contributed by atoms with van der Waals surface area (Å²) >= 11 is 0. The van der Waals surface area contributed by atoms with Crippen LogP contribution in [0.3, 0.4) is 0 Å². The maximum atomic E-state index is 14.9. The first kappa shape index (κ1) is 17.5. The molecule has 0 aliphatic rings. The van der Waals surface area contributed by atoms with E-state index in [9.17, 15) is 8.22 Å². The minimum absolute atomic E-state index is 0.387. The number of benzene rings is 1. The van der Waals surface area contributed by atoms with Crippen molar-refractivity contribution in [2.24, 2.45) is 0 Å². The highest BCUT2D eigenvalue weighted by Crippen LogP contribution is 2.35. The van der Waals surface area contributed by atoms with Crippen molar-refractivity contribution in [3.63, 3.8) is 0 Å². The molecule has 0 fully saturated rings. The van der Waals surface area contributed by atoms with Crippen LogP contribution in [-0.2, 0) is 0 Å². The van der Waals surface area contributed by atoms with Crippen LogP contribution in [0.2, 0.25) is 26.2 Å². The van der Waals surface area contributed by atoms with E-state index in [1.165, 1.54) is 0 Å². The van der Waals surface area contributed by atoms with E-state index < -0.39 is 17.0 Å². The smallest absolute Gasteiger partial charge is 0.312 e. The molecule has 0 N–H and O–H groups in total. The molecule has 0 aliphatic carbocycles. The SMILES string of the molecule is CCCCN(C(c1ccccc1)[Si](C)(C)F)[Si](C)(C)F. The molecule has 1 nitrogen and oxygen atoms in total. The zero-order chi connectivity index (χ0) is 15.4. The molecule has 0 aromatic heterocycles. The number of halogens is 2. The third-order valence-electron chi connectivity index (χ3n) is 3.51. The molecular weight excluding hydrogens is 288 g/mol. The average Bonchev–Trinajstić information content (AvgIpc) is 2.32. The molecule has 114 valence electrons. The Labute approximate surface area is 124 Å². The molecule has 1 aromatic rings. The minimum atomic E-state index is -3.05. The third kappa shape index (κ3) is 4.79.